The fraction of sp³-hybridized carbons (Fsp3) is 0.417. The van der Waals surface area contributed by atoms with E-state index in [0.29, 0.717) is 5.92 Å². The molecule has 1 aromatic carbocycles. The normalized spacial score (nSPS) is 15.0. The zero-order valence-corrected chi connectivity index (χ0v) is 8.69. The van der Waals surface area contributed by atoms with E-state index in [4.69, 9.17) is 9.84 Å². The standard InChI is InChI=1S/C12H14O3/c1-15-11-5-2-8(7-12(13)14)6-10(11)9-3-4-9/h2,5-6,9H,3-4,7H2,1H3,(H,13,14). The highest BCUT2D eigenvalue weighted by Gasteiger charge is 2.26. The number of carboxylic acids is 1. The minimum Gasteiger partial charge on any atom is -0.496 e. The molecule has 3 nitrogen and oxygen atoms in total. The van der Waals surface area contributed by atoms with Crippen molar-refractivity contribution in [3.63, 3.8) is 0 Å². The van der Waals surface area contributed by atoms with Gasteiger partial charge in [0.25, 0.3) is 0 Å². The second-order valence-corrected chi connectivity index (χ2v) is 3.92. The van der Waals surface area contributed by atoms with E-state index < -0.39 is 5.97 Å². The van der Waals surface area contributed by atoms with Gasteiger partial charge < -0.3 is 9.84 Å². The predicted molar refractivity (Wildman–Crippen MR) is 56.3 cm³/mol. The van der Waals surface area contributed by atoms with Crippen molar-refractivity contribution in [3.05, 3.63) is 29.3 Å². The Morgan fingerprint density at radius 3 is 2.80 bits per heavy atom. The third-order valence-corrected chi connectivity index (χ3v) is 2.67. The summed E-state index contributed by atoms with van der Waals surface area (Å²) in [6.07, 6.45) is 2.46. The van der Waals surface area contributed by atoms with Crippen LogP contribution < -0.4 is 4.74 Å². The van der Waals surface area contributed by atoms with Crippen LogP contribution in [0.25, 0.3) is 0 Å². The first kappa shape index (κ1) is 10.0. The van der Waals surface area contributed by atoms with E-state index in [-0.39, 0.29) is 6.42 Å². The Kier molecular flexibility index (Phi) is 2.62. The molecule has 0 aromatic heterocycles. The summed E-state index contributed by atoms with van der Waals surface area (Å²) in [5, 5.41) is 8.71. The molecule has 1 N–H and O–H groups in total. The summed E-state index contributed by atoms with van der Waals surface area (Å²) in [4.78, 5) is 10.6. The Morgan fingerprint density at radius 1 is 1.53 bits per heavy atom. The zero-order valence-electron chi connectivity index (χ0n) is 8.69. The van der Waals surface area contributed by atoms with Crippen LogP contribution in [-0.2, 0) is 11.2 Å². The number of hydrogen-bond donors (Lipinski definition) is 1. The molecule has 1 aliphatic rings. The van der Waals surface area contributed by atoms with Crippen LogP contribution in [0.3, 0.4) is 0 Å². The Bertz CT molecular complexity index is 380. The average molecular weight is 206 g/mol. The summed E-state index contributed by atoms with van der Waals surface area (Å²) in [6.45, 7) is 0. The summed E-state index contributed by atoms with van der Waals surface area (Å²) in [7, 11) is 1.65. The van der Waals surface area contributed by atoms with Gasteiger partial charge in [-0.1, -0.05) is 12.1 Å². The molecule has 1 aliphatic carbocycles. The molecule has 0 heterocycles. The van der Waals surface area contributed by atoms with Gasteiger partial charge in [0.1, 0.15) is 5.75 Å². The van der Waals surface area contributed by atoms with Gasteiger partial charge in [-0.3, -0.25) is 4.79 Å². The van der Waals surface area contributed by atoms with Gasteiger partial charge in [0.05, 0.1) is 13.5 Å². The molecule has 0 amide bonds. The van der Waals surface area contributed by atoms with E-state index in [2.05, 4.69) is 0 Å². The number of benzene rings is 1. The first-order chi connectivity index (χ1) is 7.20. The quantitative estimate of drug-likeness (QED) is 0.821. The number of carboxylic acid groups (broad SMARTS) is 1. The molecule has 1 saturated carbocycles. The van der Waals surface area contributed by atoms with Gasteiger partial charge in [0.15, 0.2) is 0 Å². The lowest BCUT2D eigenvalue weighted by atomic mass is 10.0. The van der Waals surface area contributed by atoms with Crippen molar-refractivity contribution in [2.45, 2.75) is 25.2 Å². The number of methoxy groups -OCH3 is 1. The highest BCUT2D eigenvalue weighted by atomic mass is 16.5. The molecular formula is C12H14O3. The third kappa shape index (κ3) is 2.29. The Morgan fingerprint density at radius 2 is 2.27 bits per heavy atom. The van der Waals surface area contributed by atoms with E-state index in [9.17, 15) is 4.79 Å². The van der Waals surface area contributed by atoms with Crippen molar-refractivity contribution in [1.82, 2.24) is 0 Å². The molecular weight excluding hydrogens is 192 g/mol. The maximum Gasteiger partial charge on any atom is 0.307 e. The van der Waals surface area contributed by atoms with E-state index in [1.165, 1.54) is 12.8 Å². The van der Waals surface area contributed by atoms with Crippen molar-refractivity contribution in [2.75, 3.05) is 7.11 Å². The predicted octanol–water partition coefficient (Wildman–Crippen LogP) is 2.20. The van der Waals surface area contributed by atoms with Crippen molar-refractivity contribution in [1.29, 1.82) is 0 Å². The van der Waals surface area contributed by atoms with Crippen molar-refractivity contribution >= 4 is 5.97 Å². The summed E-state index contributed by atoms with van der Waals surface area (Å²) in [6, 6.07) is 5.65. The number of aliphatic carboxylic acids is 1. The summed E-state index contributed by atoms with van der Waals surface area (Å²) in [5.41, 5.74) is 2.02. The number of rotatable bonds is 4. The molecule has 0 spiro atoms. The van der Waals surface area contributed by atoms with Crippen molar-refractivity contribution in [2.24, 2.45) is 0 Å². The molecule has 80 valence electrons. The summed E-state index contributed by atoms with van der Waals surface area (Å²) < 4.78 is 5.26. The lowest BCUT2D eigenvalue weighted by Gasteiger charge is -2.08. The first-order valence-electron chi connectivity index (χ1n) is 5.09. The molecule has 0 unspecified atom stereocenters. The zero-order chi connectivity index (χ0) is 10.8. The van der Waals surface area contributed by atoms with Crippen molar-refractivity contribution in [3.8, 4) is 5.75 Å². The van der Waals surface area contributed by atoms with E-state index in [1.54, 1.807) is 7.11 Å². The summed E-state index contributed by atoms with van der Waals surface area (Å²) in [5.74, 6) is 0.669. The van der Waals surface area contributed by atoms with Gasteiger partial charge in [-0.15, -0.1) is 0 Å². The average Bonchev–Trinajstić information content (AvgIpc) is 3.00. The maximum atomic E-state index is 10.6. The third-order valence-electron chi connectivity index (χ3n) is 2.67. The van der Waals surface area contributed by atoms with Crippen molar-refractivity contribution < 1.29 is 14.6 Å². The van der Waals surface area contributed by atoms with Crippen LogP contribution in [0.2, 0.25) is 0 Å². The monoisotopic (exact) mass is 206 g/mol. The fourth-order valence-corrected chi connectivity index (χ4v) is 1.78. The second-order valence-electron chi connectivity index (χ2n) is 3.92. The number of carbonyl (C=O) groups is 1. The Hall–Kier alpha value is -1.51. The molecule has 2 rings (SSSR count). The van der Waals surface area contributed by atoms with Gasteiger partial charge in [-0.05, 0) is 36.0 Å². The van der Waals surface area contributed by atoms with Crippen LogP contribution in [0.1, 0.15) is 29.9 Å². The van der Waals surface area contributed by atoms with Crippen LogP contribution in [0.4, 0.5) is 0 Å². The lowest BCUT2D eigenvalue weighted by molar-refractivity contribution is -0.136. The molecule has 0 saturated heterocycles. The van der Waals surface area contributed by atoms with Crippen LogP contribution in [-0.4, -0.2) is 18.2 Å². The van der Waals surface area contributed by atoms with Crippen LogP contribution in [0.5, 0.6) is 5.75 Å². The van der Waals surface area contributed by atoms with E-state index >= 15 is 0 Å². The highest BCUT2D eigenvalue weighted by molar-refractivity contribution is 5.70. The highest BCUT2D eigenvalue weighted by Crippen LogP contribution is 2.44. The molecule has 0 bridgehead atoms. The molecule has 0 radical (unpaired) electrons. The molecule has 1 aromatic rings. The van der Waals surface area contributed by atoms with Gasteiger partial charge in [0, 0.05) is 0 Å². The van der Waals surface area contributed by atoms with Gasteiger partial charge in [-0.25, -0.2) is 0 Å². The molecule has 3 heteroatoms. The Balaban J connectivity index is 2.27. The fourth-order valence-electron chi connectivity index (χ4n) is 1.78. The van der Waals surface area contributed by atoms with E-state index in [1.807, 2.05) is 18.2 Å². The molecule has 0 atom stereocenters. The number of hydrogen-bond acceptors (Lipinski definition) is 2. The van der Waals surface area contributed by atoms with E-state index in [0.717, 1.165) is 16.9 Å². The maximum absolute atomic E-state index is 10.6. The van der Waals surface area contributed by atoms with Crippen LogP contribution >= 0.6 is 0 Å². The topological polar surface area (TPSA) is 46.5 Å². The van der Waals surface area contributed by atoms with Gasteiger partial charge >= 0.3 is 5.97 Å². The first-order valence-corrected chi connectivity index (χ1v) is 5.09. The van der Waals surface area contributed by atoms with Crippen LogP contribution in [0.15, 0.2) is 18.2 Å². The second kappa shape index (κ2) is 3.93. The lowest BCUT2D eigenvalue weighted by Crippen LogP contribution is -2.01. The molecule has 1 fully saturated rings. The summed E-state index contributed by atoms with van der Waals surface area (Å²) >= 11 is 0. The largest absolute Gasteiger partial charge is 0.496 e. The number of ether oxygens (including phenoxy) is 1. The minimum atomic E-state index is -0.790. The Labute approximate surface area is 88.7 Å². The van der Waals surface area contributed by atoms with Gasteiger partial charge in [0.2, 0.25) is 0 Å². The van der Waals surface area contributed by atoms with Crippen LogP contribution in [0, 0.1) is 0 Å². The smallest absolute Gasteiger partial charge is 0.307 e. The van der Waals surface area contributed by atoms with Gasteiger partial charge in [-0.2, -0.15) is 0 Å². The minimum absolute atomic E-state index is 0.0870. The molecule has 0 aliphatic heterocycles. The SMILES string of the molecule is COc1ccc(CC(=O)O)cc1C1CC1. The molecule has 15 heavy (non-hydrogen) atoms.